The van der Waals surface area contributed by atoms with Crippen molar-refractivity contribution in [1.29, 1.82) is 0 Å². The van der Waals surface area contributed by atoms with E-state index in [9.17, 15) is 17.6 Å². The number of anilines is 1. The standard InChI is InChI=1S/C22H28FN3O3S/c1-16-3-6-20(15-17(16)2)25-22(27)24-12-9-18-10-13-26(14-11-18)30(28,29)21-7-4-19(23)5-8-21/h3-8,15,18H,9-14H2,1-2H3,(H2,24,25,27). The van der Waals surface area contributed by atoms with Gasteiger partial charge in [0.25, 0.3) is 0 Å². The van der Waals surface area contributed by atoms with Crippen molar-refractivity contribution in [2.24, 2.45) is 5.92 Å². The molecule has 0 unspecified atom stereocenters. The highest BCUT2D eigenvalue weighted by Crippen LogP contribution is 2.25. The maximum atomic E-state index is 13.1. The molecule has 0 radical (unpaired) electrons. The van der Waals surface area contributed by atoms with E-state index >= 15 is 0 Å². The van der Waals surface area contributed by atoms with Crippen LogP contribution in [-0.2, 0) is 10.0 Å². The van der Waals surface area contributed by atoms with Gasteiger partial charge in [-0.25, -0.2) is 17.6 Å². The molecular weight excluding hydrogens is 405 g/mol. The summed E-state index contributed by atoms with van der Waals surface area (Å²) < 4.78 is 39.8. The first-order chi connectivity index (χ1) is 14.3. The summed E-state index contributed by atoms with van der Waals surface area (Å²) in [6.45, 7) is 5.42. The van der Waals surface area contributed by atoms with Crippen LogP contribution in [-0.4, -0.2) is 38.4 Å². The molecule has 0 bridgehead atoms. The van der Waals surface area contributed by atoms with Crippen LogP contribution in [0.4, 0.5) is 14.9 Å². The lowest BCUT2D eigenvalue weighted by atomic mass is 9.95. The highest BCUT2D eigenvalue weighted by Gasteiger charge is 2.29. The van der Waals surface area contributed by atoms with E-state index in [0.717, 1.165) is 42.6 Å². The van der Waals surface area contributed by atoms with Crippen molar-refractivity contribution in [2.45, 2.75) is 38.0 Å². The molecule has 1 saturated heterocycles. The molecule has 2 N–H and O–H groups in total. The fourth-order valence-corrected chi connectivity index (χ4v) is 5.05. The third-order valence-corrected chi connectivity index (χ3v) is 7.54. The molecule has 30 heavy (non-hydrogen) atoms. The molecule has 2 aromatic carbocycles. The van der Waals surface area contributed by atoms with Crippen LogP contribution < -0.4 is 10.6 Å². The maximum absolute atomic E-state index is 13.1. The second-order valence-electron chi connectivity index (χ2n) is 7.77. The number of halogens is 1. The first kappa shape index (κ1) is 22.2. The van der Waals surface area contributed by atoms with Crippen molar-refractivity contribution in [1.82, 2.24) is 9.62 Å². The van der Waals surface area contributed by atoms with Gasteiger partial charge in [-0.05, 0) is 86.6 Å². The van der Waals surface area contributed by atoms with Gasteiger partial charge in [0.15, 0.2) is 0 Å². The highest BCUT2D eigenvalue weighted by molar-refractivity contribution is 7.89. The molecule has 162 valence electrons. The summed E-state index contributed by atoms with van der Waals surface area (Å²) in [6, 6.07) is 10.5. The molecule has 0 aliphatic carbocycles. The smallest absolute Gasteiger partial charge is 0.319 e. The molecule has 2 amide bonds. The SMILES string of the molecule is Cc1ccc(NC(=O)NCCC2CCN(S(=O)(=O)c3ccc(F)cc3)CC2)cc1C. The van der Waals surface area contributed by atoms with Gasteiger partial charge in [0.05, 0.1) is 4.90 Å². The van der Waals surface area contributed by atoms with E-state index in [1.807, 2.05) is 32.0 Å². The van der Waals surface area contributed by atoms with Crippen molar-refractivity contribution < 1.29 is 17.6 Å². The third-order valence-electron chi connectivity index (χ3n) is 5.63. The lowest BCUT2D eigenvalue weighted by Gasteiger charge is -2.31. The van der Waals surface area contributed by atoms with E-state index in [1.165, 1.54) is 22.0 Å². The summed E-state index contributed by atoms with van der Waals surface area (Å²) in [5.74, 6) is -0.103. The summed E-state index contributed by atoms with van der Waals surface area (Å²) in [5, 5.41) is 5.70. The Hall–Kier alpha value is -2.45. The minimum atomic E-state index is -3.59. The van der Waals surface area contributed by atoms with Crippen LogP contribution in [0.5, 0.6) is 0 Å². The minimum Gasteiger partial charge on any atom is -0.338 e. The van der Waals surface area contributed by atoms with Gasteiger partial charge in [-0.1, -0.05) is 6.07 Å². The van der Waals surface area contributed by atoms with Crippen molar-refractivity contribution in [2.75, 3.05) is 25.0 Å². The van der Waals surface area contributed by atoms with E-state index < -0.39 is 15.8 Å². The zero-order valence-corrected chi connectivity index (χ0v) is 18.1. The number of amides is 2. The van der Waals surface area contributed by atoms with Gasteiger partial charge in [-0.3, -0.25) is 0 Å². The number of nitrogens with zero attached hydrogens (tertiary/aromatic N) is 1. The predicted molar refractivity (Wildman–Crippen MR) is 115 cm³/mol. The Bertz CT molecular complexity index is 985. The molecule has 0 saturated carbocycles. The number of rotatable bonds is 6. The molecule has 6 nitrogen and oxygen atoms in total. The van der Waals surface area contributed by atoms with E-state index in [2.05, 4.69) is 10.6 Å². The van der Waals surface area contributed by atoms with E-state index in [-0.39, 0.29) is 10.9 Å². The number of sulfonamides is 1. The number of benzene rings is 2. The molecule has 3 rings (SSSR count). The maximum Gasteiger partial charge on any atom is 0.319 e. The molecule has 0 atom stereocenters. The van der Waals surface area contributed by atoms with Crippen molar-refractivity contribution in [3.8, 4) is 0 Å². The molecule has 0 aromatic heterocycles. The average Bonchev–Trinajstić information content (AvgIpc) is 2.71. The van der Waals surface area contributed by atoms with Gasteiger partial charge < -0.3 is 10.6 Å². The van der Waals surface area contributed by atoms with Gasteiger partial charge >= 0.3 is 6.03 Å². The second kappa shape index (κ2) is 9.57. The Morgan fingerprint density at radius 2 is 1.73 bits per heavy atom. The number of hydrogen-bond donors (Lipinski definition) is 2. The van der Waals surface area contributed by atoms with Gasteiger partial charge in [0.1, 0.15) is 5.82 Å². The van der Waals surface area contributed by atoms with Gasteiger partial charge in [0, 0.05) is 25.3 Å². The zero-order chi connectivity index (χ0) is 21.7. The molecule has 1 aliphatic rings. The summed E-state index contributed by atoms with van der Waals surface area (Å²) >= 11 is 0. The van der Waals surface area contributed by atoms with Crippen LogP contribution in [0.2, 0.25) is 0 Å². The van der Waals surface area contributed by atoms with Crippen LogP contribution in [0.25, 0.3) is 0 Å². The normalized spacial score (nSPS) is 15.7. The number of aryl methyl sites for hydroxylation is 2. The van der Waals surface area contributed by atoms with Crippen LogP contribution in [0, 0.1) is 25.6 Å². The number of carbonyl (C=O) groups excluding carboxylic acids is 1. The highest BCUT2D eigenvalue weighted by atomic mass is 32.2. The zero-order valence-electron chi connectivity index (χ0n) is 17.3. The molecule has 8 heteroatoms. The van der Waals surface area contributed by atoms with Crippen LogP contribution in [0.3, 0.4) is 0 Å². The summed E-state index contributed by atoms with van der Waals surface area (Å²) in [7, 11) is -3.59. The monoisotopic (exact) mass is 433 g/mol. The lowest BCUT2D eigenvalue weighted by Crippen LogP contribution is -2.39. The number of carbonyl (C=O) groups is 1. The number of piperidine rings is 1. The average molecular weight is 434 g/mol. The molecule has 1 heterocycles. The Labute approximate surface area is 177 Å². The fraction of sp³-hybridized carbons (Fsp3) is 0.409. The second-order valence-corrected chi connectivity index (χ2v) is 9.71. The van der Waals surface area contributed by atoms with E-state index in [0.29, 0.717) is 25.6 Å². The fourth-order valence-electron chi connectivity index (χ4n) is 3.58. The third kappa shape index (κ3) is 5.58. The Morgan fingerprint density at radius 1 is 1.07 bits per heavy atom. The Kier molecular flexibility index (Phi) is 7.10. The van der Waals surface area contributed by atoms with Crippen molar-refractivity contribution in [3.05, 3.63) is 59.4 Å². The molecule has 2 aromatic rings. The number of nitrogens with one attached hydrogen (secondary N) is 2. The molecular formula is C22H28FN3O3S. The summed E-state index contributed by atoms with van der Waals surface area (Å²) in [5.41, 5.74) is 3.05. The van der Waals surface area contributed by atoms with E-state index in [4.69, 9.17) is 0 Å². The first-order valence-electron chi connectivity index (χ1n) is 10.1. The molecule has 0 spiro atoms. The van der Waals surface area contributed by atoms with Crippen LogP contribution >= 0.6 is 0 Å². The predicted octanol–water partition coefficient (Wildman–Crippen LogP) is 4.06. The molecule has 1 fully saturated rings. The summed E-state index contributed by atoms with van der Waals surface area (Å²) in [4.78, 5) is 12.2. The Balaban J connectivity index is 1.42. The van der Waals surface area contributed by atoms with Crippen LogP contribution in [0.1, 0.15) is 30.4 Å². The van der Waals surface area contributed by atoms with E-state index in [1.54, 1.807) is 0 Å². The number of hydrogen-bond acceptors (Lipinski definition) is 3. The van der Waals surface area contributed by atoms with Gasteiger partial charge in [-0.15, -0.1) is 0 Å². The van der Waals surface area contributed by atoms with Gasteiger partial charge in [0.2, 0.25) is 10.0 Å². The topological polar surface area (TPSA) is 78.5 Å². The van der Waals surface area contributed by atoms with Crippen molar-refractivity contribution in [3.63, 3.8) is 0 Å². The van der Waals surface area contributed by atoms with Crippen molar-refractivity contribution >= 4 is 21.7 Å². The Morgan fingerprint density at radius 3 is 2.37 bits per heavy atom. The van der Waals surface area contributed by atoms with Crippen LogP contribution in [0.15, 0.2) is 47.4 Å². The quantitative estimate of drug-likeness (QED) is 0.721. The molecule has 1 aliphatic heterocycles. The largest absolute Gasteiger partial charge is 0.338 e. The number of urea groups is 1. The minimum absolute atomic E-state index is 0.118. The lowest BCUT2D eigenvalue weighted by molar-refractivity contribution is 0.245. The van der Waals surface area contributed by atoms with Gasteiger partial charge in [-0.2, -0.15) is 4.31 Å². The summed E-state index contributed by atoms with van der Waals surface area (Å²) in [6.07, 6.45) is 2.27. The first-order valence-corrected chi connectivity index (χ1v) is 11.6.